The molecule has 0 bridgehead atoms. The highest BCUT2D eigenvalue weighted by Gasteiger charge is 2.06. The van der Waals surface area contributed by atoms with Crippen molar-refractivity contribution in [3.05, 3.63) is 60.0 Å². The van der Waals surface area contributed by atoms with Gasteiger partial charge >= 0.3 is 0 Å². The number of aromatic nitrogens is 3. The van der Waals surface area contributed by atoms with Crippen LogP contribution in [0.2, 0.25) is 5.15 Å². The molecule has 29 heavy (non-hydrogen) atoms. The number of rotatable bonds is 8. The number of pyridine rings is 1. The largest absolute Gasteiger partial charge is 0.372 e. The van der Waals surface area contributed by atoms with Gasteiger partial charge in [-0.15, -0.1) is 0 Å². The first-order chi connectivity index (χ1) is 14.2. The van der Waals surface area contributed by atoms with E-state index in [4.69, 9.17) is 11.6 Å². The summed E-state index contributed by atoms with van der Waals surface area (Å²) >= 11 is 5.85. The van der Waals surface area contributed by atoms with Crippen molar-refractivity contribution in [1.29, 1.82) is 0 Å². The third kappa shape index (κ3) is 6.71. The van der Waals surface area contributed by atoms with Crippen molar-refractivity contribution >= 4 is 28.9 Å². The zero-order valence-electron chi connectivity index (χ0n) is 17.7. The highest BCUT2D eigenvalue weighted by atomic mass is 35.5. The van der Waals surface area contributed by atoms with Crippen LogP contribution in [0.4, 0.5) is 17.3 Å². The Bertz CT molecular complexity index is 844. The molecule has 5 nitrogen and oxygen atoms in total. The van der Waals surface area contributed by atoms with Gasteiger partial charge in [0.25, 0.3) is 0 Å². The van der Waals surface area contributed by atoms with E-state index in [1.54, 1.807) is 18.5 Å². The van der Waals surface area contributed by atoms with Gasteiger partial charge in [0, 0.05) is 42.4 Å². The van der Waals surface area contributed by atoms with E-state index < -0.39 is 0 Å². The Morgan fingerprint density at radius 1 is 0.897 bits per heavy atom. The fourth-order valence-electron chi connectivity index (χ4n) is 2.90. The lowest BCUT2D eigenvalue weighted by Gasteiger charge is -2.24. The van der Waals surface area contributed by atoms with Crippen LogP contribution in [-0.4, -0.2) is 28.0 Å². The van der Waals surface area contributed by atoms with E-state index in [0.29, 0.717) is 11.1 Å². The minimum atomic E-state index is 0.464. The first-order valence-electron chi connectivity index (χ1n) is 10.3. The Labute approximate surface area is 179 Å². The molecule has 0 amide bonds. The third-order valence-corrected chi connectivity index (χ3v) is 4.38. The molecular formula is C23H30ClN5. The van der Waals surface area contributed by atoms with Gasteiger partial charge < -0.3 is 10.2 Å². The average Bonchev–Trinajstić information content (AvgIpc) is 2.76. The minimum Gasteiger partial charge on any atom is -0.372 e. The molecule has 0 aliphatic carbocycles. The standard InChI is InChI=1S/C21H24ClN5.C2H6/c1-3-13-27(14-4-2)18-8-6-17(7-9-18)25-21-23-12-11-19(26-21)16-5-10-20(22)24-15-16;1-2/h5-12,15H,3-4,13-14H2,1-2H3,(H,23,25,26);1-2H3. The van der Waals surface area contributed by atoms with Crippen LogP contribution < -0.4 is 10.2 Å². The lowest BCUT2D eigenvalue weighted by Crippen LogP contribution is -2.24. The molecule has 2 aromatic heterocycles. The zero-order valence-corrected chi connectivity index (χ0v) is 18.4. The van der Waals surface area contributed by atoms with E-state index in [2.05, 4.69) is 63.3 Å². The third-order valence-electron chi connectivity index (χ3n) is 4.15. The summed E-state index contributed by atoms with van der Waals surface area (Å²) in [5, 5.41) is 3.73. The molecule has 3 aromatic rings. The van der Waals surface area contributed by atoms with Crippen molar-refractivity contribution in [2.75, 3.05) is 23.3 Å². The van der Waals surface area contributed by atoms with Crippen LogP contribution in [0.25, 0.3) is 11.3 Å². The second-order valence-corrected chi connectivity index (χ2v) is 6.68. The molecule has 0 aliphatic heterocycles. The van der Waals surface area contributed by atoms with E-state index >= 15 is 0 Å². The summed E-state index contributed by atoms with van der Waals surface area (Å²) in [5.41, 5.74) is 3.89. The monoisotopic (exact) mass is 411 g/mol. The number of anilines is 3. The van der Waals surface area contributed by atoms with Crippen LogP contribution in [-0.2, 0) is 0 Å². The lowest BCUT2D eigenvalue weighted by molar-refractivity contribution is 0.745. The number of nitrogens with zero attached hydrogens (tertiary/aromatic N) is 4. The molecule has 0 aliphatic rings. The molecule has 3 rings (SSSR count). The van der Waals surface area contributed by atoms with Gasteiger partial charge in [-0.25, -0.2) is 15.0 Å². The van der Waals surface area contributed by atoms with Crippen LogP contribution in [0, 0.1) is 0 Å². The summed E-state index contributed by atoms with van der Waals surface area (Å²) in [5.74, 6) is 0.550. The van der Waals surface area contributed by atoms with Crippen LogP contribution >= 0.6 is 11.6 Å². The normalized spacial score (nSPS) is 10.1. The maximum Gasteiger partial charge on any atom is 0.227 e. The Morgan fingerprint density at radius 2 is 1.59 bits per heavy atom. The average molecular weight is 412 g/mol. The molecule has 1 aromatic carbocycles. The van der Waals surface area contributed by atoms with Gasteiger partial charge in [-0.05, 0) is 55.3 Å². The number of halogens is 1. The van der Waals surface area contributed by atoms with Gasteiger partial charge in [0.05, 0.1) is 5.69 Å². The van der Waals surface area contributed by atoms with Crippen molar-refractivity contribution in [2.24, 2.45) is 0 Å². The van der Waals surface area contributed by atoms with Crippen LogP contribution in [0.15, 0.2) is 54.9 Å². The fraction of sp³-hybridized carbons (Fsp3) is 0.348. The molecule has 154 valence electrons. The Balaban J connectivity index is 0.00000145. The Morgan fingerprint density at radius 3 is 2.17 bits per heavy atom. The Hall–Kier alpha value is -2.66. The van der Waals surface area contributed by atoms with Gasteiger partial charge in [-0.1, -0.05) is 39.3 Å². The molecule has 1 N–H and O–H groups in total. The van der Waals surface area contributed by atoms with Crippen LogP contribution in [0.5, 0.6) is 0 Å². The number of benzene rings is 1. The van der Waals surface area contributed by atoms with Crippen molar-refractivity contribution < 1.29 is 0 Å². The highest BCUT2D eigenvalue weighted by Crippen LogP contribution is 2.22. The number of nitrogens with one attached hydrogen (secondary N) is 1. The molecule has 0 unspecified atom stereocenters. The second-order valence-electron chi connectivity index (χ2n) is 6.29. The van der Waals surface area contributed by atoms with Crippen molar-refractivity contribution in [2.45, 2.75) is 40.5 Å². The summed E-state index contributed by atoms with van der Waals surface area (Å²) in [7, 11) is 0. The number of hydrogen-bond acceptors (Lipinski definition) is 5. The van der Waals surface area contributed by atoms with Crippen molar-refractivity contribution in [1.82, 2.24) is 15.0 Å². The van der Waals surface area contributed by atoms with Gasteiger partial charge in [-0.3, -0.25) is 0 Å². The molecular weight excluding hydrogens is 382 g/mol. The predicted molar refractivity (Wildman–Crippen MR) is 124 cm³/mol. The van der Waals surface area contributed by atoms with Gasteiger partial charge in [0.1, 0.15) is 5.15 Å². The molecule has 0 spiro atoms. The van der Waals surface area contributed by atoms with Crippen molar-refractivity contribution in [3.63, 3.8) is 0 Å². The maximum absolute atomic E-state index is 5.85. The minimum absolute atomic E-state index is 0.464. The topological polar surface area (TPSA) is 53.9 Å². The zero-order chi connectivity index (χ0) is 21.1. The summed E-state index contributed by atoms with van der Waals surface area (Å²) in [6.45, 7) is 10.6. The number of hydrogen-bond donors (Lipinski definition) is 1. The summed E-state index contributed by atoms with van der Waals surface area (Å²) in [6.07, 6.45) is 5.72. The van der Waals surface area contributed by atoms with Gasteiger partial charge in [0.2, 0.25) is 5.95 Å². The predicted octanol–water partition coefficient (Wildman–Crippen LogP) is 6.59. The van der Waals surface area contributed by atoms with E-state index in [0.717, 1.165) is 42.9 Å². The van der Waals surface area contributed by atoms with E-state index in [1.807, 2.05) is 26.0 Å². The molecule has 0 radical (unpaired) electrons. The van der Waals surface area contributed by atoms with Crippen molar-refractivity contribution in [3.8, 4) is 11.3 Å². The first-order valence-corrected chi connectivity index (χ1v) is 10.6. The van der Waals surface area contributed by atoms with Gasteiger partial charge in [-0.2, -0.15) is 0 Å². The smallest absolute Gasteiger partial charge is 0.227 e. The quantitative estimate of drug-likeness (QED) is 0.424. The molecule has 0 saturated heterocycles. The highest BCUT2D eigenvalue weighted by molar-refractivity contribution is 6.29. The maximum atomic E-state index is 5.85. The molecule has 0 atom stereocenters. The van der Waals surface area contributed by atoms with Crippen LogP contribution in [0.1, 0.15) is 40.5 Å². The fourth-order valence-corrected chi connectivity index (χ4v) is 3.01. The van der Waals surface area contributed by atoms with Gasteiger partial charge in [0.15, 0.2) is 0 Å². The molecule has 0 fully saturated rings. The summed E-state index contributed by atoms with van der Waals surface area (Å²) in [6, 6.07) is 13.9. The summed E-state index contributed by atoms with van der Waals surface area (Å²) < 4.78 is 0. The SMILES string of the molecule is CC.CCCN(CCC)c1ccc(Nc2nccc(-c3ccc(Cl)nc3)n2)cc1. The van der Waals surface area contributed by atoms with E-state index in [-0.39, 0.29) is 0 Å². The molecule has 0 saturated carbocycles. The van der Waals surface area contributed by atoms with E-state index in [9.17, 15) is 0 Å². The molecule has 6 heteroatoms. The van der Waals surface area contributed by atoms with E-state index in [1.165, 1.54) is 5.69 Å². The Kier molecular flexibility index (Phi) is 9.38. The lowest BCUT2D eigenvalue weighted by atomic mass is 10.2. The second kappa shape index (κ2) is 12.0. The summed E-state index contributed by atoms with van der Waals surface area (Å²) in [4.78, 5) is 15.4. The first kappa shape index (κ1) is 22.6. The van der Waals surface area contributed by atoms with Crippen LogP contribution in [0.3, 0.4) is 0 Å². The molecule has 2 heterocycles.